The molecule has 1 nitrogen and oxygen atoms in total. The summed E-state index contributed by atoms with van der Waals surface area (Å²) in [5.74, 6) is 0.769. The van der Waals surface area contributed by atoms with Gasteiger partial charge in [-0.15, -0.1) is 12.4 Å². The van der Waals surface area contributed by atoms with E-state index in [0.717, 1.165) is 18.0 Å². The summed E-state index contributed by atoms with van der Waals surface area (Å²) in [5.41, 5.74) is 1.92. The minimum absolute atomic E-state index is 0. The second-order valence-electron chi connectivity index (χ2n) is 4.86. The number of aryl methyl sites for hydroxylation is 1. The SMILES string of the molecule is CCCC1CC1NCc1ccc(F)c(C)c1.Cl. The molecule has 1 aliphatic rings. The lowest BCUT2D eigenvalue weighted by atomic mass is 10.1. The third kappa shape index (κ3) is 3.97. The molecule has 1 fully saturated rings. The van der Waals surface area contributed by atoms with Crippen LogP contribution in [-0.4, -0.2) is 6.04 Å². The van der Waals surface area contributed by atoms with Crippen LogP contribution in [0.1, 0.15) is 37.3 Å². The van der Waals surface area contributed by atoms with E-state index in [1.807, 2.05) is 19.1 Å². The van der Waals surface area contributed by atoms with Gasteiger partial charge in [-0.05, 0) is 42.9 Å². The molecule has 0 saturated heterocycles. The predicted molar refractivity (Wildman–Crippen MR) is 72.0 cm³/mol. The Bertz CT molecular complexity index is 367. The molecule has 1 aromatic rings. The van der Waals surface area contributed by atoms with Crippen molar-refractivity contribution >= 4 is 12.4 Å². The van der Waals surface area contributed by atoms with Crippen LogP contribution in [0.3, 0.4) is 0 Å². The third-order valence-electron chi connectivity index (χ3n) is 3.37. The van der Waals surface area contributed by atoms with Gasteiger partial charge in [-0.3, -0.25) is 0 Å². The van der Waals surface area contributed by atoms with Crippen molar-refractivity contribution in [3.8, 4) is 0 Å². The molecule has 96 valence electrons. The van der Waals surface area contributed by atoms with Crippen LogP contribution in [0.5, 0.6) is 0 Å². The van der Waals surface area contributed by atoms with E-state index in [9.17, 15) is 4.39 Å². The first-order chi connectivity index (χ1) is 7.70. The second kappa shape index (κ2) is 6.36. The Morgan fingerprint density at radius 3 is 2.82 bits per heavy atom. The Balaban J connectivity index is 0.00000144. The lowest BCUT2D eigenvalue weighted by molar-refractivity contribution is 0.595. The molecule has 2 unspecified atom stereocenters. The van der Waals surface area contributed by atoms with E-state index >= 15 is 0 Å². The molecule has 17 heavy (non-hydrogen) atoms. The van der Waals surface area contributed by atoms with Crippen LogP contribution in [0.4, 0.5) is 4.39 Å². The zero-order chi connectivity index (χ0) is 11.5. The lowest BCUT2D eigenvalue weighted by Crippen LogP contribution is -2.17. The van der Waals surface area contributed by atoms with Crippen LogP contribution in [0.2, 0.25) is 0 Å². The van der Waals surface area contributed by atoms with Crippen LogP contribution in [0, 0.1) is 18.7 Å². The zero-order valence-electron chi connectivity index (χ0n) is 10.5. The van der Waals surface area contributed by atoms with Gasteiger partial charge in [0.15, 0.2) is 0 Å². The summed E-state index contributed by atoms with van der Waals surface area (Å²) in [6.07, 6.45) is 3.92. The van der Waals surface area contributed by atoms with Crippen molar-refractivity contribution in [1.82, 2.24) is 5.32 Å². The number of hydrogen-bond donors (Lipinski definition) is 1. The van der Waals surface area contributed by atoms with Gasteiger partial charge in [0.1, 0.15) is 5.82 Å². The minimum atomic E-state index is -0.112. The fourth-order valence-corrected chi connectivity index (χ4v) is 2.25. The Labute approximate surface area is 109 Å². The van der Waals surface area contributed by atoms with Crippen molar-refractivity contribution in [3.05, 3.63) is 35.1 Å². The normalized spacial score (nSPS) is 22.1. The van der Waals surface area contributed by atoms with E-state index in [4.69, 9.17) is 0 Å². The molecule has 0 bridgehead atoms. The number of halogens is 2. The van der Waals surface area contributed by atoms with Gasteiger partial charge in [0, 0.05) is 12.6 Å². The van der Waals surface area contributed by atoms with E-state index < -0.39 is 0 Å². The van der Waals surface area contributed by atoms with Gasteiger partial charge < -0.3 is 5.32 Å². The third-order valence-corrected chi connectivity index (χ3v) is 3.37. The van der Waals surface area contributed by atoms with Gasteiger partial charge in [0.25, 0.3) is 0 Å². The van der Waals surface area contributed by atoms with Crippen LogP contribution >= 0.6 is 12.4 Å². The molecule has 0 spiro atoms. The van der Waals surface area contributed by atoms with E-state index in [2.05, 4.69) is 12.2 Å². The molecule has 2 atom stereocenters. The highest BCUT2D eigenvalue weighted by Crippen LogP contribution is 2.34. The molecule has 0 amide bonds. The Morgan fingerprint density at radius 1 is 1.41 bits per heavy atom. The zero-order valence-corrected chi connectivity index (χ0v) is 11.3. The Morgan fingerprint density at radius 2 is 2.18 bits per heavy atom. The van der Waals surface area contributed by atoms with Crippen LogP contribution < -0.4 is 5.32 Å². The van der Waals surface area contributed by atoms with Crippen LogP contribution in [-0.2, 0) is 6.54 Å². The molecule has 1 aliphatic carbocycles. The first-order valence-electron chi connectivity index (χ1n) is 6.19. The molecule has 2 rings (SSSR count). The largest absolute Gasteiger partial charge is 0.310 e. The van der Waals surface area contributed by atoms with Crippen molar-refractivity contribution in [2.24, 2.45) is 5.92 Å². The first kappa shape index (κ1) is 14.5. The van der Waals surface area contributed by atoms with Crippen LogP contribution in [0.25, 0.3) is 0 Å². The Kier molecular flexibility index (Phi) is 5.41. The average Bonchev–Trinajstić information content (AvgIpc) is 2.99. The van der Waals surface area contributed by atoms with Crippen molar-refractivity contribution in [1.29, 1.82) is 0 Å². The van der Waals surface area contributed by atoms with Gasteiger partial charge >= 0.3 is 0 Å². The van der Waals surface area contributed by atoms with Crippen molar-refractivity contribution in [3.63, 3.8) is 0 Å². The van der Waals surface area contributed by atoms with E-state index in [1.165, 1.54) is 24.8 Å². The minimum Gasteiger partial charge on any atom is -0.310 e. The second-order valence-corrected chi connectivity index (χ2v) is 4.86. The number of nitrogens with one attached hydrogen (secondary N) is 1. The summed E-state index contributed by atoms with van der Waals surface area (Å²) in [4.78, 5) is 0. The standard InChI is InChI=1S/C14H20FN.ClH/c1-3-4-12-8-14(12)16-9-11-5-6-13(15)10(2)7-11;/h5-7,12,14,16H,3-4,8-9H2,1-2H3;1H. The first-order valence-corrected chi connectivity index (χ1v) is 6.19. The molecule has 1 saturated carbocycles. The molecule has 0 heterocycles. The highest BCUT2D eigenvalue weighted by molar-refractivity contribution is 5.85. The maximum absolute atomic E-state index is 13.1. The van der Waals surface area contributed by atoms with E-state index in [1.54, 1.807) is 6.07 Å². The number of benzene rings is 1. The summed E-state index contributed by atoms with van der Waals surface area (Å²) in [7, 11) is 0. The van der Waals surface area contributed by atoms with Gasteiger partial charge in [0.2, 0.25) is 0 Å². The molecule has 3 heteroatoms. The number of hydrogen-bond acceptors (Lipinski definition) is 1. The van der Waals surface area contributed by atoms with Gasteiger partial charge in [-0.1, -0.05) is 25.5 Å². The summed E-state index contributed by atoms with van der Waals surface area (Å²) in [5, 5.41) is 3.53. The molecule has 0 aliphatic heterocycles. The fourth-order valence-electron chi connectivity index (χ4n) is 2.25. The fraction of sp³-hybridized carbons (Fsp3) is 0.571. The molecule has 0 radical (unpaired) electrons. The molecule has 1 N–H and O–H groups in total. The summed E-state index contributed by atoms with van der Waals surface area (Å²) >= 11 is 0. The number of rotatable bonds is 5. The van der Waals surface area contributed by atoms with E-state index in [0.29, 0.717) is 6.04 Å². The molecular formula is C14H21ClFN. The predicted octanol–water partition coefficient (Wildman–Crippen LogP) is 3.83. The molecule has 0 aromatic heterocycles. The monoisotopic (exact) mass is 257 g/mol. The van der Waals surface area contributed by atoms with Crippen molar-refractivity contribution in [2.45, 2.75) is 45.7 Å². The quantitative estimate of drug-likeness (QED) is 0.845. The summed E-state index contributed by atoms with van der Waals surface area (Å²) in [6.45, 7) is 4.92. The van der Waals surface area contributed by atoms with E-state index in [-0.39, 0.29) is 18.2 Å². The summed E-state index contributed by atoms with van der Waals surface area (Å²) in [6, 6.07) is 6.06. The van der Waals surface area contributed by atoms with Gasteiger partial charge in [0.05, 0.1) is 0 Å². The Hall–Kier alpha value is -0.600. The maximum atomic E-state index is 13.1. The molecular weight excluding hydrogens is 237 g/mol. The van der Waals surface area contributed by atoms with Gasteiger partial charge in [-0.25, -0.2) is 4.39 Å². The lowest BCUT2D eigenvalue weighted by Gasteiger charge is -2.05. The average molecular weight is 258 g/mol. The maximum Gasteiger partial charge on any atom is 0.126 e. The van der Waals surface area contributed by atoms with Gasteiger partial charge in [-0.2, -0.15) is 0 Å². The van der Waals surface area contributed by atoms with Crippen molar-refractivity contribution in [2.75, 3.05) is 0 Å². The van der Waals surface area contributed by atoms with Crippen molar-refractivity contribution < 1.29 is 4.39 Å². The highest BCUT2D eigenvalue weighted by atomic mass is 35.5. The smallest absolute Gasteiger partial charge is 0.126 e. The summed E-state index contributed by atoms with van der Waals surface area (Å²) < 4.78 is 13.1. The topological polar surface area (TPSA) is 12.0 Å². The highest BCUT2D eigenvalue weighted by Gasteiger charge is 2.35. The molecule has 1 aromatic carbocycles. The van der Waals surface area contributed by atoms with Crippen LogP contribution in [0.15, 0.2) is 18.2 Å².